The molecule has 0 spiro atoms. The Kier molecular flexibility index (Phi) is 11.8. The minimum absolute atomic E-state index is 0.0422. The molecule has 0 rings (SSSR count). The summed E-state index contributed by atoms with van der Waals surface area (Å²) in [6, 6.07) is 0. The zero-order valence-electron chi connectivity index (χ0n) is 13.8. The summed E-state index contributed by atoms with van der Waals surface area (Å²) in [5.41, 5.74) is 0. The zero-order chi connectivity index (χ0) is 16.2. The lowest BCUT2D eigenvalue weighted by molar-refractivity contribution is 0.0936. The maximum Gasteiger partial charge on any atom is 0.338 e. The second-order valence-corrected chi connectivity index (χ2v) is 13.6. The molecule has 0 bridgehead atoms. The Hall–Kier alpha value is 0.154. The minimum Gasteiger partial charge on any atom is -0.434 e. The summed E-state index contributed by atoms with van der Waals surface area (Å²) in [6.45, 7) is 11.8. The van der Waals surface area contributed by atoms with Crippen molar-refractivity contribution in [3.8, 4) is 0 Å². The highest BCUT2D eigenvalue weighted by molar-refractivity contribution is 6.82. The number of ether oxygens (including phenoxy) is 2. The largest absolute Gasteiger partial charge is 0.434 e. The fourth-order valence-corrected chi connectivity index (χ4v) is 8.56. The summed E-state index contributed by atoms with van der Waals surface area (Å²) in [7, 11) is -3.90. The molecule has 0 unspecified atom stereocenters. The number of hydrogen-bond acceptors (Lipinski definition) is 7. The van der Waals surface area contributed by atoms with Crippen molar-refractivity contribution < 1.29 is 23.8 Å². The van der Waals surface area contributed by atoms with Gasteiger partial charge in [-0.1, -0.05) is 0 Å². The maximum absolute atomic E-state index is 8.67. The average Bonchev–Trinajstić information content (AvgIpc) is 2.36. The van der Waals surface area contributed by atoms with Crippen LogP contribution in [0.2, 0.25) is 26.2 Å². The van der Waals surface area contributed by atoms with Crippen molar-refractivity contribution in [3.63, 3.8) is 0 Å². The first-order chi connectivity index (χ1) is 9.83. The standard InChI is InChI=1S/C12H32N2O5Si2/c1-20(2,3)19-21(4,13-5-9-17-11-7-15)14-6-10-18-12-8-16/h13-16H,5-12H2,1-4H3. The normalized spacial score (nSPS) is 12.9. The molecule has 0 fully saturated rings. The molecule has 0 heterocycles. The second-order valence-electron chi connectivity index (χ2n) is 5.77. The third-order valence-corrected chi connectivity index (χ3v) is 8.33. The molecule has 0 amide bonds. The van der Waals surface area contributed by atoms with Crippen LogP contribution in [0.3, 0.4) is 0 Å². The quantitative estimate of drug-likeness (QED) is 0.253. The van der Waals surface area contributed by atoms with Gasteiger partial charge in [0.2, 0.25) is 0 Å². The molecule has 0 atom stereocenters. The molecule has 9 heteroatoms. The van der Waals surface area contributed by atoms with Crippen LogP contribution in [0.5, 0.6) is 0 Å². The smallest absolute Gasteiger partial charge is 0.338 e. The molecule has 21 heavy (non-hydrogen) atoms. The fraction of sp³-hybridized carbons (Fsp3) is 1.00. The third-order valence-electron chi connectivity index (χ3n) is 2.40. The Morgan fingerprint density at radius 3 is 1.52 bits per heavy atom. The first-order valence-corrected chi connectivity index (χ1v) is 13.2. The summed E-state index contributed by atoms with van der Waals surface area (Å²) >= 11 is 0. The van der Waals surface area contributed by atoms with E-state index in [9.17, 15) is 0 Å². The van der Waals surface area contributed by atoms with Gasteiger partial charge in [0.25, 0.3) is 0 Å². The molecule has 0 aromatic carbocycles. The Bertz CT molecular complexity index is 240. The lowest BCUT2D eigenvalue weighted by atomic mass is 10.7. The van der Waals surface area contributed by atoms with Crippen molar-refractivity contribution in [2.45, 2.75) is 26.2 Å². The van der Waals surface area contributed by atoms with Gasteiger partial charge in [-0.25, -0.2) is 0 Å². The summed E-state index contributed by atoms with van der Waals surface area (Å²) in [4.78, 5) is 6.86. The summed E-state index contributed by atoms with van der Waals surface area (Å²) < 4.78 is 16.8. The van der Waals surface area contributed by atoms with E-state index in [0.29, 0.717) is 39.5 Å². The lowest BCUT2D eigenvalue weighted by Crippen LogP contribution is -2.67. The van der Waals surface area contributed by atoms with Gasteiger partial charge in [0.1, 0.15) is 0 Å². The maximum atomic E-state index is 8.67. The van der Waals surface area contributed by atoms with Crippen LogP contribution in [-0.2, 0) is 13.6 Å². The van der Waals surface area contributed by atoms with Crippen molar-refractivity contribution in [1.29, 1.82) is 0 Å². The number of aliphatic hydroxyl groups excluding tert-OH is 2. The SMILES string of the molecule is C[Si](C)(C)O[Si](C)(NCCOCCO)NCCOCCO. The summed E-state index contributed by atoms with van der Waals surface area (Å²) in [5.74, 6) is 0. The van der Waals surface area contributed by atoms with E-state index in [4.69, 9.17) is 23.8 Å². The Labute approximate surface area is 130 Å². The first kappa shape index (κ1) is 21.2. The summed E-state index contributed by atoms with van der Waals surface area (Å²) in [6.07, 6.45) is 0. The van der Waals surface area contributed by atoms with Crippen LogP contribution in [0.25, 0.3) is 0 Å². The van der Waals surface area contributed by atoms with Crippen molar-refractivity contribution in [3.05, 3.63) is 0 Å². The van der Waals surface area contributed by atoms with Gasteiger partial charge in [-0.3, -0.25) is 0 Å². The van der Waals surface area contributed by atoms with Crippen molar-refractivity contribution in [2.75, 3.05) is 52.7 Å². The molecule has 0 saturated carbocycles. The molecule has 0 aromatic heterocycles. The molecule has 7 nitrogen and oxygen atoms in total. The number of hydrogen-bond donors (Lipinski definition) is 4. The van der Waals surface area contributed by atoms with E-state index in [-0.39, 0.29) is 13.2 Å². The van der Waals surface area contributed by atoms with Gasteiger partial charge >= 0.3 is 8.64 Å². The van der Waals surface area contributed by atoms with Gasteiger partial charge < -0.3 is 33.8 Å². The van der Waals surface area contributed by atoms with E-state index < -0.39 is 17.0 Å². The van der Waals surface area contributed by atoms with Crippen molar-refractivity contribution >= 4 is 17.0 Å². The van der Waals surface area contributed by atoms with Crippen molar-refractivity contribution in [2.24, 2.45) is 0 Å². The van der Waals surface area contributed by atoms with E-state index in [0.717, 1.165) is 0 Å². The number of aliphatic hydroxyl groups is 2. The zero-order valence-corrected chi connectivity index (χ0v) is 15.8. The Morgan fingerprint density at radius 1 is 0.762 bits per heavy atom. The van der Waals surface area contributed by atoms with Crippen LogP contribution < -0.4 is 9.96 Å². The van der Waals surface area contributed by atoms with E-state index in [1.807, 2.05) is 0 Å². The molecule has 4 N–H and O–H groups in total. The van der Waals surface area contributed by atoms with Gasteiger partial charge in [-0.2, -0.15) is 0 Å². The van der Waals surface area contributed by atoms with Gasteiger partial charge in [0.05, 0.1) is 39.6 Å². The highest BCUT2D eigenvalue weighted by Crippen LogP contribution is 2.09. The van der Waals surface area contributed by atoms with Crippen LogP contribution in [-0.4, -0.2) is 79.9 Å². The van der Waals surface area contributed by atoms with E-state index in [1.54, 1.807) is 0 Å². The highest BCUT2D eigenvalue weighted by atomic mass is 28.4. The molecule has 0 aromatic rings. The minimum atomic E-state index is -2.23. The highest BCUT2D eigenvalue weighted by Gasteiger charge is 2.34. The first-order valence-electron chi connectivity index (χ1n) is 7.40. The monoisotopic (exact) mass is 340 g/mol. The summed E-state index contributed by atoms with van der Waals surface area (Å²) in [5, 5.41) is 17.3. The van der Waals surface area contributed by atoms with Gasteiger partial charge in [-0.05, 0) is 26.2 Å². The number of nitrogens with one attached hydrogen (secondary N) is 2. The molecule has 0 saturated heterocycles. The van der Waals surface area contributed by atoms with Crippen LogP contribution in [0.1, 0.15) is 0 Å². The third kappa shape index (κ3) is 13.5. The Balaban J connectivity index is 4.14. The van der Waals surface area contributed by atoms with Crippen LogP contribution >= 0.6 is 0 Å². The molecule has 0 aliphatic rings. The van der Waals surface area contributed by atoms with Crippen LogP contribution in [0.4, 0.5) is 0 Å². The molecular weight excluding hydrogens is 308 g/mol. The molecule has 128 valence electrons. The van der Waals surface area contributed by atoms with Gasteiger partial charge in [0.15, 0.2) is 8.32 Å². The van der Waals surface area contributed by atoms with Gasteiger partial charge in [0, 0.05) is 13.1 Å². The van der Waals surface area contributed by atoms with Gasteiger partial charge in [-0.15, -0.1) is 0 Å². The average molecular weight is 341 g/mol. The molecule has 0 aliphatic heterocycles. The lowest BCUT2D eigenvalue weighted by Gasteiger charge is -2.35. The van der Waals surface area contributed by atoms with Crippen molar-refractivity contribution in [1.82, 2.24) is 9.96 Å². The Morgan fingerprint density at radius 2 is 1.19 bits per heavy atom. The molecular formula is C12H32N2O5Si2. The predicted octanol–water partition coefficient (Wildman–Crippen LogP) is -0.396. The topological polar surface area (TPSA) is 92.2 Å². The van der Waals surface area contributed by atoms with E-state index in [1.165, 1.54) is 0 Å². The fourth-order valence-electron chi connectivity index (χ4n) is 1.80. The second kappa shape index (κ2) is 11.7. The van der Waals surface area contributed by atoms with E-state index >= 15 is 0 Å². The number of rotatable bonds is 14. The van der Waals surface area contributed by atoms with Crippen LogP contribution in [0.15, 0.2) is 0 Å². The predicted molar refractivity (Wildman–Crippen MR) is 87.9 cm³/mol. The molecule has 0 radical (unpaired) electrons. The molecule has 0 aliphatic carbocycles. The van der Waals surface area contributed by atoms with Crippen LogP contribution in [0, 0.1) is 0 Å². The van der Waals surface area contributed by atoms with E-state index in [2.05, 4.69) is 36.2 Å².